The number of pyridine rings is 4. The highest BCUT2D eigenvalue weighted by molar-refractivity contribution is 8.05. The van der Waals surface area contributed by atoms with Crippen molar-refractivity contribution in [2.45, 2.75) is 6.92 Å². The highest BCUT2D eigenvalue weighted by atomic mass is 35.7. The average Bonchev–Trinajstić information content (AvgIpc) is 4.09. The van der Waals surface area contributed by atoms with Gasteiger partial charge in [0.2, 0.25) is 0 Å². The van der Waals surface area contributed by atoms with E-state index in [-0.39, 0.29) is 0 Å². The molecule has 0 fully saturated rings. The predicted molar refractivity (Wildman–Crippen MR) is 295 cm³/mol. The molecule has 0 spiro atoms. The van der Waals surface area contributed by atoms with Crippen LogP contribution in [-0.2, 0) is 0 Å². The van der Waals surface area contributed by atoms with E-state index < -0.39 is 0 Å². The van der Waals surface area contributed by atoms with E-state index in [1.807, 2.05) is 80.3 Å². The molecule has 0 atom stereocenters. The fourth-order valence-electron chi connectivity index (χ4n) is 9.73. The van der Waals surface area contributed by atoms with Crippen LogP contribution in [0.3, 0.4) is 0 Å². The molecule has 0 N–H and O–H groups in total. The number of nitrogens with zero attached hydrogens (tertiary/aromatic N) is 6. The van der Waals surface area contributed by atoms with Crippen LogP contribution in [0.25, 0.3) is 122 Å². The van der Waals surface area contributed by atoms with Crippen LogP contribution >= 0.6 is 22.5 Å². The highest BCUT2D eigenvalue weighted by Gasteiger charge is 2.21. The molecular formula is C61H43ClN6OS. The third-order valence-electron chi connectivity index (χ3n) is 12.7. The maximum atomic E-state index is 6.85. The van der Waals surface area contributed by atoms with Crippen LogP contribution in [0, 0.1) is 0 Å². The molecular weight excluding hydrogens is 900 g/mol. The van der Waals surface area contributed by atoms with Crippen molar-refractivity contribution in [1.82, 2.24) is 29.1 Å². The number of allylic oxidation sites excluding steroid dienone is 3. The van der Waals surface area contributed by atoms with Gasteiger partial charge >= 0.3 is 0 Å². The molecule has 336 valence electrons. The monoisotopic (exact) mass is 942 g/mol. The second-order valence-electron chi connectivity index (χ2n) is 16.6. The molecule has 0 aliphatic carbocycles. The van der Waals surface area contributed by atoms with Crippen molar-refractivity contribution in [3.05, 3.63) is 232 Å². The largest absolute Gasteiger partial charge is 0.454 e. The molecule has 70 heavy (non-hydrogen) atoms. The number of para-hydroxylation sites is 1. The Morgan fingerprint density at radius 1 is 0.471 bits per heavy atom. The molecule has 13 rings (SSSR count). The van der Waals surface area contributed by atoms with Crippen LogP contribution in [-0.4, -0.2) is 29.1 Å². The smallest absolute Gasteiger partial charge is 0.159 e. The molecule has 0 bridgehead atoms. The standard InChI is InChI=1S/C56H34N6O.C5H8.ClHS/c1-3-14-40(46-17-5-7-28-57-46)38(12-1)35-22-25-48-44(32-35)54-50(20-10-30-59-54)61(48)37-24-27-53-43(34-37)42-16-9-19-52(56(42)63-53)62-49-26-23-36(33-45(49)55-51(62)21-11-31-60-55)39-13-2-4-15-41(39)47-18-6-8-29-58-47;1-3-5-4-2;1-2/h1-34H;3-5H,1H2,2H3;2H/b;5-4-;. The van der Waals surface area contributed by atoms with Crippen molar-refractivity contribution >= 4 is 88.3 Å². The van der Waals surface area contributed by atoms with Gasteiger partial charge in [0, 0.05) is 63.1 Å². The fraction of sp³-hybridized carbons (Fsp3) is 0.0164. The van der Waals surface area contributed by atoms with E-state index in [2.05, 4.69) is 194 Å². The number of halogens is 1. The molecule has 7 nitrogen and oxygen atoms in total. The van der Waals surface area contributed by atoms with E-state index >= 15 is 0 Å². The molecule has 0 unspecified atom stereocenters. The number of aromatic nitrogens is 6. The molecule has 0 aliphatic heterocycles. The molecule has 0 aliphatic rings. The zero-order valence-electron chi connectivity index (χ0n) is 38.0. The number of hydrogen-bond acceptors (Lipinski definition) is 6. The van der Waals surface area contributed by atoms with Crippen LogP contribution in [0.4, 0.5) is 0 Å². The van der Waals surface area contributed by atoms with Crippen molar-refractivity contribution in [3.8, 4) is 56.1 Å². The van der Waals surface area contributed by atoms with Gasteiger partial charge in [-0.2, -0.15) is 0 Å². The lowest BCUT2D eigenvalue weighted by Gasteiger charge is -2.11. The van der Waals surface area contributed by atoms with Gasteiger partial charge in [-0.1, -0.05) is 122 Å². The Morgan fingerprint density at radius 3 is 1.56 bits per heavy atom. The summed E-state index contributed by atoms with van der Waals surface area (Å²) < 4.78 is 11.5. The second-order valence-corrected chi connectivity index (χ2v) is 16.6. The SMILES string of the molecule is C=C/C=C\C.SCl.c1ccc(-c2ccccc2-c2ccc3c(c2)c2ncccc2n3-c2ccc3oc4c(-n5c6ccc(-c7ccccc7-c7ccccn7)cc6c6ncccc65)cccc4c3c2)nc1. The minimum atomic E-state index is 0.817. The molecule has 0 amide bonds. The van der Waals surface area contributed by atoms with Gasteiger partial charge in [0.1, 0.15) is 5.58 Å². The number of rotatable bonds is 7. The van der Waals surface area contributed by atoms with Gasteiger partial charge < -0.3 is 13.6 Å². The number of benzene rings is 6. The van der Waals surface area contributed by atoms with Crippen LogP contribution in [0.2, 0.25) is 0 Å². The Labute approximate surface area is 414 Å². The average molecular weight is 944 g/mol. The molecule has 0 saturated heterocycles. The van der Waals surface area contributed by atoms with Gasteiger partial charge in [-0.3, -0.25) is 19.9 Å². The summed E-state index contributed by atoms with van der Waals surface area (Å²) in [7, 11) is 4.33. The topological polar surface area (TPSA) is 74.6 Å². The van der Waals surface area contributed by atoms with E-state index in [0.29, 0.717) is 0 Å². The van der Waals surface area contributed by atoms with Crippen LogP contribution in [0.15, 0.2) is 236 Å². The van der Waals surface area contributed by atoms with E-state index in [1.165, 1.54) is 0 Å². The van der Waals surface area contributed by atoms with Gasteiger partial charge in [0.15, 0.2) is 5.58 Å². The Balaban J connectivity index is 0.000000719. The van der Waals surface area contributed by atoms with Crippen molar-refractivity contribution < 1.29 is 4.42 Å². The van der Waals surface area contributed by atoms with Crippen molar-refractivity contribution in [1.29, 1.82) is 0 Å². The number of thiol groups is 1. The number of hydrogen-bond donors (Lipinski definition) is 1. The number of furan rings is 1. The fourth-order valence-corrected chi connectivity index (χ4v) is 9.73. The lowest BCUT2D eigenvalue weighted by atomic mass is 9.96. The Morgan fingerprint density at radius 2 is 1.01 bits per heavy atom. The van der Waals surface area contributed by atoms with Crippen molar-refractivity contribution in [2.75, 3.05) is 0 Å². The molecule has 13 aromatic rings. The summed E-state index contributed by atoms with van der Waals surface area (Å²) in [5.41, 5.74) is 18.2. The van der Waals surface area contributed by atoms with Crippen molar-refractivity contribution in [3.63, 3.8) is 0 Å². The Bertz CT molecular complexity index is 4080. The van der Waals surface area contributed by atoms with Gasteiger partial charge in [-0.25, -0.2) is 0 Å². The lowest BCUT2D eigenvalue weighted by Crippen LogP contribution is -1.94. The molecule has 0 saturated carbocycles. The highest BCUT2D eigenvalue weighted by Crippen LogP contribution is 2.42. The van der Waals surface area contributed by atoms with Gasteiger partial charge in [0.05, 0.1) is 50.2 Å². The van der Waals surface area contributed by atoms with E-state index in [9.17, 15) is 0 Å². The first-order chi connectivity index (χ1) is 34.7. The lowest BCUT2D eigenvalue weighted by molar-refractivity contribution is 0.666. The summed E-state index contributed by atoms with van der Waals surface area (Å²) in [4.78, 5) is 19.2. The summed E-state index contributed by atoms with van der Waals surface area (Å²) in [6, 6.07) is 63.6. The quantitative estimate of drug-likeness (QED) is 0.127. The number of fused-ring (bicyclic) bond motifs is 9. The summed E-state index contributed by atoms with van der Waals surface area (Å²) in [6.07, 6.45) is 13.0. The molecule has 7 heterocycles. The summed E-state index contributed by atoms with van der Waals surface area (Å²) in [6.45, 7) is 5.42. The van der Waals surface area contributed by atoms with E-state index in [4.69, 9.17) is 14.4 Å². The van der Waals surface area contributed by atoms with Crippen molar-refractivity contribution in [2.24, 2.45) is 0 Å². The summed E-state index contributed by atoms with van der Waals surface area (Å²) in [5, 5.41) is 4.23. The minimum Gasteiger partial charge on any atom is -0.454 e. The third kappa shape index (κ3) is 7.69. The minimum absolute atomic E-state index is 0.817. The Hall–Kier alpha value is -8.56. The van der Waals surface area contributed by atoms with Crippen LogP contribution in [0.5, 0.6) is 0 Å². The molecule has 9 heteroatoms. The maximum absolute atomic E-state index is 6.85. The molecule has 7 aromatic heterocycles. The van der Waals surface area contributed by atoms with Crippen LogP contribution < -0.4 is 0 Å². The first-order valence-electron chi connectivity index (χ1n) is 22.8. The third-order valence-corrected chi connectivity index (χ3v) is 12.7. The first kappa shape index (κ1) is 44.0. The zero-order valence-corrected chi connectivity index (χ0v) is 39.6. The Kier molecular flexibility index (Phi) is 12.1. The first-order valence-corrected chi connectivity index (χ1v) is 24.2. The normalized spacial score (nSPS) is 11.4. The van der Waals surface area contributed by atoms with Gasteiger partial charge in [-0.05, 0) is 137 Å². The molecule has 6 aromatic carbocycles. The van der Waals surface area contributed by atoms with Crippen LogP contribution in [0.1, 0.15) is 6.92 Å². The maximum Gasteiger partial charge on any atom is 0.159 e. The molecule has 0 radical (unpaired) electrons. The zero-order chi connectivity index (χ0) is 47.6. The van der Waals surface area contributed by atoms with E-state index in [1.54, 1.807) is 6.08 Å². The van der Waals surface area contributed by atoms with E-state index in [0.717, 1.165) is 122 Å². The predicted octanol–water partition coefficient (Wildman–Crippen LogP) is 16.8. The van der Waals surface area contributed by atoms with Gasteiger partial charge in [-0.15, -0.1) is 0 Å². The summed E-state index contributed by atoms with van der Waals surface area (Å²) in [5.74, 6) is 0. The van der Waals surface area contributed by atoms with Gasteiger partial charge in [0.25, 0.3) is 0 Å². The second kappa shape index (κ2) is 19.2. The summed E-state index contributed by atoms with van der Waals surface area (Å²) >= 11 is 3.00.